The molecule has 0 saturated heterocycles. The minimum atomic E-state index is 0.552. The first-order chi connectivity index (χ1) is 10.7. The van der Waals surface area contributed by atoms with Gasteiger partial charge in [0, 0.05) is 25.4 Å². The molecule has 0 aromatic carbocycles. The van der Waals surface area contributed by atoms with Crippen LogP contribution < -0.4 is 10.1 Å². The third kappa shape index (κ3) is 2.74. The molecule has 0 aliphatic rings. The fourth-order valence-corrected chi connectivity index (χ4v) is 2.78. The molecular weight excluding hydrogens is 348 g/mol. The number of halogens is 1. The van der Waals surface area contributed by atoms with Gasteiger partial charge in [0.15, 0.2) is 5.65 Å². The molecule has 0 aliphatic heterocycles. The number of hydrogen-bond acceptors (Lipinski definition) is 6. The molecule has 0 radical (unpaired) electrons. The number of ether oxygens (including phenoxy) is 1. The SMILES string of the molecule is CCOc1ncccc1CNc1ncnc2c1c(Br)nn2C. The number of anilines is 1. The lowest BCUT2D eigenvalue weighted by atomic mass is 10.2. The van der Waals surface area contributed by atoms with Crippen LogP contribution in [0.1, 0.15) is 12.5 Å². The number of nitrogens with one attached hydrogen (secondary N) is 1. The lowest BCUT2D eigenvalue weighted by molar-refractivity contribution is 0.323. The van der Waals surface area contributed by atoms with Gasteiger partial charge in [-0.3, -0.25) is 0 Å². The topological polar surface area (TPSA) is 77.8 Å². The summed E-state index contributed by atoms with van der Waals surface area (Å²) in [7, 11) is 1.85. The Morgan fingerprint density at radius 3 is 3.00 bits per heavy atom. The number of rotatable bonds is 5. The molecule has 3 rings (SSSR count). The van der Waals surface area contributed by atoms with Crippen molar-refractivity contribution in [3.8, 4) is 5.88 Å². The normalized spacial score (nSPS) is 10.9. The van der Waals surface area contributed by atoms with E-state index in [0.717, 1.165) is 22.4 Å². The molecule has 114 valence electrons. The summed E-state index contributed by atoms with van der Waals surface area (Å²) in [5.74, 6) is 1.35. The number of hydrogen-bond donors (Lipinski definition) is 1. The first-order valence-corrected chi connectivity index (χ1v) is 7.63. The molecule has 22 heavy (non-hydrogen) atoms. The van der Waals surface area contributed by atoms with Gasteiger partial charge in [-0.1, -0.05) is 6.07 Å². The summed E-state index contributed by atoms with van der Waals surface area (Å²) in [6, 6.07) is 3.86. The number of aromatic nitrogens is 5. The van der Waals surface area contributed by atoms with Crippen molar-refractivity contribution in [3.63, 3.8) is 0 Å². The van der Waals surface area contributed by atoms with Crippen LogP contribution >= 0.6 is 15.9 Å². The maximum absolute atomic E-state index is 5.53. The predicted molar refractivity (Wildman–Crippen MR) is 86.7 cm³/mol. The molecule has 0 unspecified atom stereocenters. The zero-order valence-electron chi connectivity index (χ0n) is 12.2. The number of pyridine rings is 1. The van der Waals surface area contributed by atoms with Gasteiger partial charge in [-0.25, -0.2) is 19.6 Å². The molecule has 0 fully saturated rings. The third-order valence-corrected chi connectivity index (χ3v) is 3.71. The summed E-state index contributed by atoms with van der Waals surface area (Å²) in [5.41, 5.74) is 1.73. The van der Waals surface area contributed by atoms with E-state index in [1.54, 1.807) is 10.9 Å². The maximum atomic E-state index is 5.53. The molecule has 8 heteroatoms. The van der Waals surface area contributed by atoms with Gasteiger partial charge in [-0.2, -0.15) is 5.10 Å². The van der Waals surface area contributed by atoms with Crippen LogP contribution in [0.3, 0.4) is 0 Å². The molecule has 0 saturated carbocycles. The standard InChI is InChI=1S/C14H15BrN6O/c1-3-22-14-9(5-4-6-16-14)7-17-12-10-11(15)20-21(2)13(10)19-8-18-12/h4-6,8H,3,7H2,1-2H3,(H,17,18,19). The molecule has 3 heterocycles. The highest BCUT2D eigenvalue weighted by Crippen LogP contribution is 2.27. The Labute approximate surface area is 135 Å². The maximum Gasteiger partial charge on any atom is 0.218 e. The van der Waals surface area contributed by atoms with Gasteiger partial charge in [0.2, 0.25) is 5.88 Å². The molecule has 7 nitrogen and oxygen atoms in total. The smallest absolute Gasteiger partial charge is 0.218 e. The Bertz CT molecular complexity index is 803. The Hall–Kier alpha value is -2.22. The van der Waals surface area contributed by atoms with Crippen molar-refractivity contribution >= 4 is 32.8 Å². The Morgan fingerprint density at radius 2 is 2.18 bits per heavy atom. The highest BCUT2D eigenvalue weighted by Gasteiger charge is 2.13. The summed E-state index contributed by atoms with van der Waals surface area (Å²) in [4.78, 5) is 12.8. The lowest BCUT2D eigenvalue weighted by Crippen LogP contribution is -2.06. The molecule has 0 bridgehead atoms. The summed E-state index contributed by atoms with van der Waals surface area (Å²) < 4.78 is 7.95. The van der Waals surface area contributed by atoms with Crippen LogP contribution in [-0.4, -0.2) is 31.3 Å². The van der Waals surface area contributed by atoms with Gasteiger partial charge in [-0.15, -0.1) is 0 Å². The van der Waals surface area contributed by atoms with Crippen molar-refractivity contribution in [3.05, 3.63) is 34.8 Å². The predicted octanol–water partition coefficient (Wildman–Crippen LogP) is 2.53. The Morgan fingerprint density at radius 1 is 1.32 bits per heavy atom. The molecule has 0 spiro atoms. The summed E-state index contributed by atoms with van der Waals surface area (Å²) in [5, 5.41) is 8.46. The highest BCUT2D eigenvalue weighted by molar-refractivity contribution is 9.10. The summed E-state index contributed by atoms with van der Waals surface area (Å²) in [6.45, 7) is 3.07. The first-order valence-electron chi connectivity index (χ1n) is 6.84. The fraction of sp³-hybridized carbons (Fsp3) is 0.286. The van der Waals surface area contributed by atoms with Crippen LogP contribution in [0, 0.1) is 0 Å². The van der Waals surface area contributed by atoms with Crippen molar-refractivity contribution in [1.82, 2.24) is 24.7 Å². The molecule has 0 atom stereocenters. The third-order valence-electron chi connectivity index (χ3n) is 3.16. The van der Waals surface area contributed by atoms with Gasteiger partial charge < -0.3 is 10.1 Å². The van der Waals surface area contributed by atoms with Crippen LogP contribution in [-0.2, 0) is 13.6 Å². The average molecular weight is 363 g/mol. The van der Waals surface area contributed by atoms with E-state index in [0.29, 0.717) is 23.6 Å². The van der Waals surface area contributed by atoms with Crippen LogP contribution in [0.15, 0.2) is 29.3 Å². The van der Waals surface area contributed by atoms with Gasteiger partial charge in [0.1, 0.15) is 16.7 Å². The van der Waals surface area contributed by atoms with Crippen molar-refractivity contribution in [2.75, 3.05) is 11.9 Å². The van der Waals surface area contributed by atoms with Gasteiger partial charge in [0.25, 0.3) is 0 Å². The highest BCUT2D eigenvalue weighted by atomic mass is 79.9. The van der Waals surface area contributed by atoms with Crippen LogP contribution in [0.25, 0.3) is 11.0 Å². The second kappa shape index (κ2) is 6.27. The molecular formula is C14H15BrN6O. The summed E-state index contributed by atoms with van der Waals surface area (Å²) in [6.07, 6.45) is 3.24. The quantitative estimate of drug-likeness (QED) is 0.751. The second-order valence-corrected chi connectivity index (χ2v) is 5.34. The number of nitrogens with zero attached hydrogens (tertiary/aromatic N) is 5. The first kappa shape index (κ1) is 14.7. The van der Waals surface area contributed by atoms with Crippen LogP contribution in [0.2, 0.25) is 0 Å². The van der Waals surface area contributed by atoms with Crippen molar-refractivity contribution in [2.45, 2.75) is 13.5 Å². The van der Waals surface area contributed by atoms with E-state index in [4.69, 9.17) is 4.74 Å². The number of fused-ring (bicyclic) bond motifs is 1. The van der Waals surface area contributed by atoms with Gasteiger partial charge in [-0.05, 0) is 28.9 Å². The molecule has 3 aromatic rings. The van der Waals surface area contributed by atoms with Crippen molar-refractivity contribution in [2.24, 2.45) is 7.05 Å². The van der Waals surface area contributed by atoms with E-state index < -0.39 is 0 Å². The Kier molecular flexibility index (Phi) is 4.19. The lowest BCUT2D eigenvalue weighted by Gasteiger charge is -2.10. The van der Waals surface area contributed by atoms with Crippen LogP contribution in [0.5, 0.6) is 5.88 Å². The van der Waals surface area contributed by atoms with Gasteiger partial charge in [0.05, 0.1) is 12.0 Å². The van der Waals surface area contributed by atoms with E-state index >= 15 is 0 Å². The summed E-state index contributed by atoms with van der Waals surface area (Å²) >= 11 is 3.45. The molecule has 0 amide bonds. The molecule has 1 N–H and O–H groups in total. The average Bonchev–Trinajstić information content (AvgIpc) is 2.82. The molecule has 3 aromatic heterocycles. The van der Waals surface area contributed by atoms with Crippen molar-refractivity contribution < 1.29 is 4.74 Å². The van der Waals surface area contributed by atoms with E-state index in [1.807, 2.05) is 26.1 Å². The Balaban J connectivity index is 1.89. The monoisotopic (exact) mass is 362 g/mol. The zero-order chi connectivity index (χ0) is 15.5. The van der Waals surface area contributed by atoms with E-state index in [9.17, 15) is 0 Å². The van der Waals surface area contributed by atoms with E-state index in [2.05, 4.69) is 41.3 Å². The second-order valence-electron chi connectivity index (χ2n) is 4.59. The zero-order valence-corrected chi connectivity index (χ0v) is 13.8. The molecule has 0 aliphatic carbocycles. The fourth-order valence-electron chi connectivity index (χ4n) is 2.18. The van der Waals surface area contributed by atoms with Crippen molar-refractivity contribution in [1.29, 1.82) is 0 Å². The minimum absolute atomic E-state index is 0.552. The minimum Gasteiger partial charge on any atom is -0.478 e. The van der Waals surface area contributed by atoms with E-state index in [-0.39, 0.29) is 0 Å². The van der Waals surface area contributed by atoms with Crippen LogP contribution in [0.4, 0.5) is 5.82 Å². The van der Waals surface area contributed by atoms with Gasteiger partial charge >= 0.3 is 0 Å². The largest absolute Gasteiger partial charge is 0.478 e. The number of aryl methyl sites for hydroxylation is 1. The van der Waals surface area contributed by atoms with E-state index in [1.165, 1.54) is 6.33 Å².